The fourth-order valence-corrected chi connectivity index (χ4v) is 2.35. The first kappa shape index (κ1) is 12.9. The zero-order valence-corrected chi connectivity index (χ0v) is 11.5. The van der Waals surface area contributed by atoms with Crippen LogP contribution in [0.3, 0.4) is 0 Å². The molecule has 2 aromatic carbocycles. The van der Waals surface area contributed by atoms with Gasteiger partial charge in [-0.3, -0.25) is 4.79 Å². The molecule has 0 bridgehead atoms. The number of nitrogens with zero attached hydrogens (tertiary/aromatic N) is 2. The van der Waals surface area contributed by atoms with Gasteiger partial charge in [-0.1, -0.05) is 12.1 Å². The molecule has 3 rings (SSSR count). The number of para-hydroxylation sites is 1. The van der Waals surface area contributed by atoms with Gasteiger partial charge in [-0.2, -0.15) is 5.26 Å². The summed E-state index contributed by atoms with van der Waals surface area (Å²) < 4.78 is 0. The van der Waals surface area contributed by atoms with Gasteiger partial charge in [0.15, 0.2) is 0 Å². The molecule has 1 amide bonds. The zero-order valence-electron chi connectivity index (χ0n) is 11.5. The predicted molar refractivity (Wildman–Crippen MR) is 82.2 cm³/mol. The number of H-pyrrole nitrogens is 1. The van der Waals surface area contributed by atoms with E-state index >= 15 is 0 Å². The van der Waals surface area contributed by atoms with E-state index in [9.17, 15) is 4.79 Å². The van der Waals surface area contributed by atoms with E-state index in [4.69, 9.17) is 5.26 Å². The second-order valence-electron chi connectivity index (χ2n) is 4.77. The van der Waals surface area contributed by atoms with Crippen molar-refractivity contribution in [3.8, 4) is 6.07 Å². The molecular formula is C17H13N3O. The van der Waals surface area contributed by atoms with E-state index in [-0.39, 0.29) is 5.91 Å². The van der Waals surface area contributed by atoms with Crippen molar-refractivity contribution in [1.82, 2.24) is 4.98 Å². The molecule has 1 heterocycles. The van der Waals surface area contributed by atoms with Gasteiger partial charge in [-0.05, 0) is 36.4 Å². The van der Waals surface area contributed by atoms with Gasteiger partial charge in [-0.25, -0.2) is 0 Å². The van der Waals surface area contributed by atoms with Crippen LogP contribution in [0.1, 0.15) is 15.9 Å². The van der Waals surface area contributed by atoms with Gasteiger partial charge < -0.3 is 9.88 Å². The molecule has 4 nitrogen and oxygen atoms in total. The third-order valence-corrected chi connectivity index (χ3v) is 3.49. The second-order valence-corrected chi connectivity index (χ2v) is 4.77. The van der Waals surface area contributed by atoms with Gasteiger partial charge in [0, 0.05) is 29.7 Å². The number of carbonyl (C=O) groups is 1. The summed E-state index contributed by atoms with van der Waals surface area (Å²) in [5.41, 5.74) is 2.68. The minimum Gasteiger partial charge on any atom is -0.361 e. The molecule has 0 aliphatic heterocycles. The van der Waals surface area contributed by atoms with Crippen LogP contribution < -0.4 is 4.90 Å². The Labute approximate surface area is 122 Å². The maximum absolute atomic E-state index is 12.6. The van der Waals surface area contributed by atoms with Crippen LogP contribution in [0.25, 0.3) is 10.9 Å². The van der Waals surface area contributed by atoms with Crippen molar-refractivity contribution in [3.05, 3.63) is 65.9 Å². The molecule has 1 N–H and O–H groups in total. The average Bonchev–Trinajstić information content (AvgIpc) is 3.00. The van der Waals surface area contributed by atoms with Gasteiger partial charge in [-0.15, -0.1) is 0 Å². The summed E-state index contributed by atoms with van der Waals surface area (Å²) in [5.74, 6) is -0.138. The smallest absolute Gasteiger partial charge is 0.258 e. The summed E-state index contributed by atoms with van der Waals surface area (Å²) in [6.45, 7) is 0. The normalized spacial score (nSPS) is 10.3. The molecule has 102 valence electrons. The number of rotatable bonds is 2. The summed E-state index contributed by atoms with van der Waals surface area (Å²) in [6, 6.07) is 16.6. The van der Waals surface area contributed by atoms with Crippen LogP contribution in [0, 0.1) is 11.3 Å². The fourth-order valence-electron chi connectivity index (χ4n) is 2.35. The largest absolute Gasteiger partial charge is 0.361 e. The van der Waals surface area contributed by atoms with Crippen molar-refractivity contribution in [2.75, 3.05) is 11.9 Å². The van der Waals surface area contributed by atoms with E-state index < -0.39 is 0 Å². The number of aromatic nitrogens is 1. The molecule has 0 aliphatic rings. The van der Waals surface area contributed by atoms with E-state index in [0.717, 1.165) is 10.9 Å². The third kappa shape index (κ3) is 2.26. The molecule has 0 saturated heterocycles. The number of fused-ring (bicyclic) bond motifs is 1. The molecule has 4 heteroatoms. The Morgan fingerprint density at radius 3 is 2.81 bits per heavy atom. The molecule has 0 atom stereocenters. The number of benzene rings is 2. The van der Waals surface area contributed by atoms with Crippen molar-refractivity contribution in [1.29, 1.82) is 5.26 Å². The topological polar surface area (TPSA) is 59.9 Å². The minimum atomic E-state index is -0.138. The summed E-state index contributed by atoms with van der Waals surface area (Å²) in [5, 5.41) is 10.1. The first-order chi connectivity index (χ1) is 10.2. The first-order valence-electron chi connectivity index (χ1n) is 6.55. The maximum Gasteiger partial charge on any atom is 0.258 e. The lowest BCUT2D eigenvalue weighted by molar-refractivity contribution is 0.0993. The van der Waals surface area contributed by atoms with Crippen LogP contribution >= 0.6 is 0 Å². The average molecular weight is 275 g/mol. The highest BCUT2D eigenvalue weighted by Gasteiger charge is 2.16. The van der Waals surface area contributed by atoms with Crippen molar-refractivity contribution >= 4 is 22.5 Å². The van der Waals surface area contributed by atoms with Crippen LogP contribution in [-0.2, 0) is 0 Å². The Balaban J connectivity index is 1.99. The molecule has 1 aromatic heterocycles. The summed E-state index contributed by atoms with van der Waals surface area (Å²) in [6.07, 6.45) is 1.84. The van der Waals surface area contributed by atoms with Crippen LogP contribution in [0.4, 0.5) is 5.69 Å². The Bertz CT molecular complexity index is 858. The molecule has 0 spiro atoms. The number of nitrogens with one attached hydrogen (secondary N) is 1. The minimum absolute atomic E-state index is 0.138. The number of carbonyl (C=O) groups excluding carboxylic acids is 1. The van der Waals surface area contributed by atoms with Crippen molar-refractivity contribution < 1.29 is 4.79 Å². The van der Waals surface area contributed by atoms with Gasteiger partial charge in [0.05, 0.1) is 11.3 Å². The lowest BCUT2D eigenvalue weighted by atomic mass is 10.1. The van der Waals surface area contributed by atoms with Gasteiger partial charge in [0.2, 0.25) is 0 Å². The summed E-state index contributed by atoms with van der Waals surface area (Å²) in [7, 11) is 1.68. The molecule has 3 aromatic rings. The monoisotopic (exact) mass is 275 g/mol. The van der Waals surface area contributed by atoms with Gasteiger partial charge in [0.1, 0.15) is 6.07 Å². The molecular weight excluding hydrogens is 262 g/mol. The quantitative estimate of drug-likeness (QED) is 0.780. The Hall–Kier alpha value is -3.06. The molecule has 21 heavy (non-hydrogen) atoms. The van der Waals surface area contributed by atoms with Crippen molar-refractivity contribution in [3.63, 3.8) is 0 Å². The van der Waals surface area contributed by atoms with Crippen LogP contribution in [0.5, 0.6) is 0 Å². The third-order valence-electron chi connectivity index (χ3n) is 3.49. The Morgan fingerprint density at radius 1 is 1.19 bits per heavy atom. The van der Waals surface area contributed by atoms with Gasteiger partial charge >= 0.3 is 0 Å². The number of hydrogen-bond acceptors (Lipinski definition) is 2. The van der Waals surface area contributed by atoms with Crippen molar-refractivity contribution in [2.45, 2.75) is 0 Å². The number of nitriles is 1. The fraction of sp³-hybridized carbons (Fsp3) is 0.0588. The van der Waals surface area contributed by atoms with E-state index in [0.29, 0.717) is 16.8 Å². The van der Waals surface area contributed by atoms with Crippen molar-refractivity contribution in [2.24, 2.45) is 0 Å². The SMILES string of the molecule is CN(C(=O)c1ccc2[nH]ccc2c1)c1ccccc1C#N. The Morgan fingerprint density at radius 2 is 2.00 bits per heavy atom. The lowest BCUT2D eigenvalue weighted by Crippen LogP contribution is -2.26. The molecule has 0 fully saturated rings. The maximum atomic E-state index is 12.6. The zero-order chi connectivity index (χ0) is 14.8. The van der Waals surface area contributed by atoms with Gasteiger partial charge in [0.25, 0.3) is 5.91 Å². The van der Waals surface area contributed by atoms with E-state index in [1.165, 1.54) is 4.90 Å². The highest BCUT2D eigenvalue weighted by Crippen LogP contribution is 2.22. The summed E-state index contributed by atoms with van der Waals surface area (Å²) >= 11 is 0. The predicted octanol–water partition coefficient (Wildman–Crippen LogP) is 3.32. The van der Waals surface area contributed by atoms with E-state index in [2.05, 4.69) is 11.1 Å². The standard InChI is InChI=1S/C17H13N3O/c1-20(16-5-3-2-4-14(16)11-18)17(21)13-6-7-15-12(10-13)8-9-19-15/h2-10,19H,1H3. The highest BCUT2D eigenvalue weighted by molar-refractivity contribution is 6.08. The van der Waals surface area contributed by atoms with E-state index in [1.807, 2.05) is 30.5 Å². The van der Waals surface area contributed by atoms with Crippen LogP contribution in [0.2, 0.25) is 0 Å². The number of hydrogen-bond donors (Lipinski definition) is 1. The van der Waals surface area contributed by atoms with Crippen LogP contribution in [0.15, 0.2) is 54.7 Å². The van der Waals surface area contributed by atoms with E-state index in [1.54, 1.807) is 31.3 Å². The number of anilines is 1. The van der Waals surface area contributed by atoms with Crippen LogP contribution in [-0.4, -0.2) is 17.9 Å². The molecule has 0 saturated carbocycles. The Kier molecular flexibility index (Phi) is 3.17. The lowest BCUT2D eigenvalue weighted by Gasteiger charge is -2.18. The first-order valence-corrected chi connectivity index (χ1v) is 6.55. The second kappa shape index (κ2) is 5.14. The number of aromatic amines is 1. The summed E-state index contributed by atoms with van der Waals surface area (Å²) in [4.78, 5) is 17.2. The number of amides is 1. The molecule has 0 radical (unpaired) electrons. The molecule has 0 aliphatic carbocycles. The highest BCUT2D eigenvalue weighted by atomic mass is 16.2. The molecule has 0 unspecified atom stereocenters.